The highest BCUT2D eigenvalue weighted by Gasteiger charge is 2.16. The van der Waals surface area contributed by atoms with Crippen LogP contribution >= 0.6 is 0 Å². The fourth-order valence-corrected chi connectivity index (χ4v) is 1.99. The van der Waals surface area contributed by atoms with Crippen LogP contribution in [0.1, 0.15) is 25.8 Å². The van der Waals surface area contributed by atoms with Gasteiger partial charge in [0.15, 0.2) is 11.5 Å². The number of carbonyl (C=O) groups is 1. The molecule has 0 aliphatic rings. The largest absolute Gasteiger partial charge is 0.441 e. The fourth-order valence-electron chi connectivity index (χ4n) is 1.99. The zero-order valence-corrected chi connectivity index (χ0v) is 11.8. The topological polar surface area (TPSA) is 85.8 Å². The van der Waals surface area contributed by atoms with Crippen LogP contribution in [0.25, 0.3) is 11.1 Å². The standard InChI is InChI=1S/C14H15N5O2/c1-3-13-18-11-6-10(4-5-12(11)21-13)17-14(20)9(2)19-8-15-7-16-19/h4-9H,3H2,1-2H3,(H,17,20)/t9-/m1/s1. The lowest BCUT2D eigenvalue weighted by Gasteiger charge is -2.11. The molecule has 0 aliphatic heterocycles. The summed E-state index contributed by atoms with van der Waals surface area (Å²) in [5.74, 6) is 0.517. The van der Waals surface area contributed by atoms with E-state index in [9.17, 15) is 4.79 Å². The Kier molecular flexibility index (Phi) is 3.39. The van der Waals surface area contributed by atoms with Crippen LogP contribution in [0, 0.1) is 0 Å². The number of fused-ring (bicyclic) bond motifs is 1. The van der Waals surface area contributed by atoms with Gasteiger partial charge < -0.3 is 9.73 Å². The smallest absolute Gasteiger partial charge is 0.249 e. The molecule has 7 nitrogen and oxygen atoms in total. The first-order chi connectivity index (χ1) is 10.2. The molecule has 1 amide bonds. The van der Waals surface area contributed by atoms with E-state index in [1.807, 2.05) is 6.92 Å². The molecule has 21 heavy (non-hydrogen) atoms. The van der Waals surface area contributed by atoms with Crippen molar-refractivity contribution in [2.45, 2.75) is 26.3 Å². The van der Waals surface area contributed by atoms with Crippen LogP contribution in [0.4, 0.5) is 5.69 Å². The molecule has 108 valence electrons. The van der Waals surface area contributed by atoms with Crippen molar-refractivity contribution < 1.29 is 9.21 Å². The maximum Gasteiger partial charge on any atom is 0.249 e. The van der Waals surface area contributed by atoms with Crippen molar-refractivity contribution in [1.82, 2.24) is 19.7 Å². The molecule has 0 radical (unpaired) electrons. The number of rotatable bonds is 4. The van der Waals surface area contributed by atoms with Crippen molar-refractivity contribution in [2.24, 2.45) is 0 Å². The van der Waals surface area contributed by atoms with Gasteiger partial charge in [-0.1, -0.05) is 6.92 Å². The maximum absolute atomic E-state index is 12.2. The van der Waals surface area contributed by atoms with Gasteiger partial charge >= 0.3 is 0 Å². The number of nitrogens with zero attached hydrogens (tertiary/aromatic N) is 4. The molecule has 2 heterocycles. The predicted octanol–water partition coefficient (Wildman–Crippen LogP) is 2.18. The summed E-state index contributed by atoms with van der Waals surface area (Å²) >= 11 is 0. The number of hydrogen-bond donors (Lipinski definition) is 1. The first-order valence-corrected chi connectivity index (χ1v) is 6.72. The minimum atomic E-state index is -0.438. The molecule has 0 unspecified atom stereocenters. The van der Waals surface area contributed by atoms with Gasteiger partial charge in [0.25, 0.3) is 0 Å². The number of benzene rings is 1. The van der Waals surface area contributed by atoms with Gasteiger partial charge in [0.1, 0.15) is 24.2 Å². The Morgan fingerprint density at radius 2 is 2.33 bits per heavy atom. The highest BCUT2D eigenvalue weighted by Crippen LogP contribution is 2.21. The molecule has 3 rings (SSSR count). The molecular weight excluding hydrogens is 270 g/mol. The highest BCUT2D eigenvalue weighted by molar-refractivity contribution is 5.95. The van der Waals surface area contributed by atoms with Crippen molar-refractivity contribution in [1.29, 1.82) is 0 Å². The molecular formula is C14H15N5O2. The first kappa shape index (κ1) is 13.3. The van der Waals surface area contributed by atoms with E-state index >= 15 is 0 Å². The third-order valence-corrected chi connectivity index (χ3v) is 3.21. The lowest BCUT2D eigenvalue weighted by atomic mass is 10.2. The summed E-state index contributed by atoms with van der Waals surface area (Å²) in [6.45, 7) is 3.74. The lowest BCUT2D eigenvalue weighted by Crippen LogP contribution is -2.23. The minimum absolute atomic E-state index is 0.168. The molecule has 1 aromatic carbocycles. The number of anilines is 1. The first-order valence-electron chi connectivity index (χ1n) is 6.72. The summed E-state index contributed by atoms with van der Waals surface area (Å²) in [6, 6.07) is 4.95. The molecule has 2 aromatic heterocycles. The summed E-state index contributed by atoms with van der Waals surface area (Å²) in [4.78, 5) is 20.3. The molecule has 0 aliphatic carbocycles. The van der Waals surface area contributed by atoms with Gasteiger partial charge in [-0.25, -0.2) is 14.6 Å². The van der Waals surface area contributed by atoms with Gasteiger partial charge in [-0.2, -0.15) is 5.10 Å². The van der Waals surface area contributed by atoms with Crippen LogP contribution in [-0.4, -0.2) is 25.7 Å². The summed E-state index contributed by atoms with van der Waals surface area (Å²) < 4.78 is 7.04. The van der Waals surface area contributed by atoms with Crippen LogP contribution in [0.2, 0.25) is 0 Å². The molecule has 1 atom stereocenters. The third-order valence-electron chi connectivity index (χ3n) is 3.21. The molecule has 0 saturated heterocycles. The Labute approximate surface area is 121 Å². The SMILES string of the molecule is CCc1nc2cc(NC(=O)[C@@H](C)n3cncn3)ccc2o1. The highest BCUT2D eigenvalue weighted by atomic mass is 16.3. The van der Waals surface area contributed by atoms with Crippen molar-refractivity contribution in [3.05, 3.63) is 36.7 Å². The zero-order chi connectivity index (χ0) is 14.8. The molecule has 1 N–H and O–H groups in total. The molecule has 0 spiro atoms. The van der Waals surface area contributed by atoms with E-state index in [2.05, 4.69) is 20.4 Å². The lowest BCUT2D eigenvalue weighted by molar-refractivity contribution is -0.119. The van der Waals surface area contributed by atoms with Gasteiger partial charge in [0, 0.05) is 12.1 Å². The van der Waals surface area contributed by atoms with E-state index in [1.54, 1.807) is 25.1 Å². The van der Waals surface area contributed by atoms with Crippen molar-refractivity contribution in [3.63, 3.8) is 0 Å². The summed E-state index contributed by atoms with van der Waals surface area (Å²) in [6.07, 6.45) is 3.65. The van der Waals surface area contributed by atoms with E-state index in [0.29, 0.717) is 17.2 Å². The minimum Gasteiger partial charge on any atom is -0.441 e. The average molecular weight is 285 g/mol. The van der Waals surface area contributed by atoms with Gasteiger partial charge in [0.05, 0.1) is 0 Å². The Morgan fingerprint density at radius 3 is 3.05 bits per heavy atom. The van der Waals surface area contributed by atoms with Crippen LogP contribution in [0.5, 0.6) is 0 Å². The second-order valence-corrected chi connectivity index (χ2v) is 4.68. The maximum atomic E-state index is 12.2. The number of aromatic nitrogens is 4. The van der Waals surface area contributed by atoms with E-state index in [4.69, 9.17) is 4.42 Å². The second-order valence-electron chi connectivity index (χ2n) is 4.68. The van der Waals surface area contributed by atoms with Gasteiger partial charge in [0.2, 0.25) is 5.91 Å². The van der Waals surface area contributed by atoms with Crippen LogP contribution in [-0.2, 0) is 11.2 Å². The van der Waals surface area contributed by atoms with Crippen molar-refractivity contribution in [3.8, 4) is 0 Å². The Balaban J connectivity index is 1.79. The van der Waals surface area contributed by atoms with Crippen LogP contribution < -0.4 is 5.32 Å². The number of nitrogens with one attached hydrogen (secondary N) is 1. The summed E-state index contributed by atoms with van der Waals surface area (Å²) in [5, 5.41) is 6.80. The molecule has 0 bridgehead atoms. The van der Waals surface area contributed by atoms with Crippen molar-refractivity contribution in [2.75, 3.05) is 5.32 Å². The Morgan fingerprint density at radius 1 is 1.48 bits per heavy atom. The molecule has 3 aromatic rings. The van der Waals surface area contributed by atoms with Crippen LogP contribution in [0.3, 0.4) is 0 Å². The molecule has 0 saturated carbocycles. The van der Waals surface area contributed by atoms with Gasteiger partial charge in [-0.15, -0.1) is 0 Å². The zero-order valence-electron chi connectivity index (χ0n) is 11.8. The normalized spacial score (nSPS) is 12.5. The number of amides is 1. The Bertz CT molecular complexity index is 763. The number of oxazole rings is 1. The van der Waals surface area contributed by atoms with E-state index < -0.39 is 6.04 Å². The molecule has 7 heteroatoms. The summed E-state index contributed by atoms with van der Waals surface area (Å²) in [5.41, 5.74) is 2.13. The van der Waals surface area contributed by atoms with Crippen LogP contribution in [0.15, 0.2) is 35.3 Å². The summed E-state index contributed by atoms with van der Waals surface area (Å²) in [7, 11) is 0. The predicted molar refractivity (Wildman–Crippen MR) is 76.7 cm³/mol. The number of hydrogen-bond acceptors (Lipinski definition) is 5. The van der Waals surface area contributed by atoms with Crippen molar-refractivity contribution >= 4 is 22.7 Å². The van der Waals surface area contributed by atoms with E-state index in [1.165, 1.54) is 17.3 Å². The third kappa shape index (κ3) is 2.62. The monoisotopic (exact) mass is 285 g/mol. The van der Waals surface area contributed by atoms with Gasteiger partial charge in [-0.05, 0) is 25.1 Å². The molecule has 0 fully saturated rings. The Hall–Kier alpha value is -2.70. The fraction of sp³-hybridized carbons (Fsp3) is 0.286. The quantitative estimate of drug-likeness (QED) is 0.794. The van der Waals surface area contributed by atoms with E-state index in [-0.39, 0.29) is 5.91 Å². The average Bonchev–Trinajstić information content (AvgIpc) is 3.14. The van der Waals surface area contributed by atoms with E-state index in [0.717, 1.165) is 11.9 Å². The second kappa shape index (κ2) is 5.35. The number of aryl methyl sites for hydroxylation is 1. The number of carbonyl (C=O) groups excluding carboxylic acids is 1. The van der Waals surface area contributed by atoms with Gasteiger partial charge in [-0.3, -0.25) is 4.79 Å².